The Kier molecular flexibility index (Phi) is 9.13. The number of aliphatic carboxylic acids is 1. The van der Waals surface area contributed by atoms with Gasteiger partial charge in [0, 0.05) is 43.3 Å². The van der Waals surface area contributed by atoms with Gasteiger partial charge in [-0.05, 0) is 68.0 Å². The highest BCUT2D eigenvalue weighted by molar-refractivity contribution is 6.40. The van der Waals surface area contributed by atoms with Crippen LogP contribution in [0.5, 0.6) is 0 Å². The van der Waals surface area contributed by atoms with E-state index in [9.17, 15) is 19.1 Å². The minimum absolute atomic E-state index is 0.0437. The summed E-state index contributed by atoms with van der Waals surface area (Å²) in [6, 6.07) is 9.78. The van der Waals surface area contributed by atoms with E-state index in [1.807, 2.05) is 16.4 Å². The van der Waals surface area contributed by atoms with Crippen molar-refractivity contribution in [1.29, 1.82) is 0 Å². The zero-order chi connectivity index (χ0) is 29.8. The predicted octanol–water partition coefficient (Wildman–Crippen LogP) is 5.20. The maximum atomic E-state index is 14.3. The van der Waals surface area contributed by atoms with Gasteiger partial charge in [0.05, 0.1) is 18.3 Å². The van der Waals surface area contributed by atoms with Crippen LogP contribution in [0.1, 0.15) is 52.5 Å². The molecule has 2 fully saturated rings. The van der Waals surface area contributed by atoms with Crippen molar-refractivity contribution in [2.75, 3.05) is 19.7 Å². The molecule has 2 aliphatic heterocycles. The average Bonchev–Trinajstić information content (AvgIpc) is 3.23. The highest BCUT2D eigenvalue weighted by atomic mass is 35.5. The normalized spacial score (nSPS) is 17.6. The number of hydrogen-bond acceptors (Lipinski definition) is 6. The van der Waals surface area contributed by atoms with Gasteiger partial charge in [0.15, 0.2) is 5.82 Å². The van der Waals surface area contributed by atoms with Crippen molar-refractivity contribution in [1.82, 2.24) is 19.4 Å². The summed E-state index contributed by atoms with van der Waals surface area (Å²) in [5.41, 5.74) is 1.93. The number of aromatic nitrogens is 3. The van der Waals surface area contributed by atoms with Gasteiger partial charge in [-0.25, -0.2) is 24.1 Å². The molecule has 0 bridgehead atoms. The Morgan fingerprint density at radius 2 is 1.98 bits per heavy atom. The Morgan fingerprint density at radius 1 is 1.21 bits per heavy atom. The van der Waals surface area contributed by atoms with Gasteiger partial charge >= 0.3 is 5.97 Å². The molecular weight excluding hydrogens is 561 g/mol. The van der Waals surface area contributed by atoms with Gasteiger partial charge < -0.3 is 19.3 Å². The first kappa shape index (κ1) is 29.6. The van der Waals surface area contributed by atoms with E-state index in [2.05, 4.69) is 16.6 Å². The van der Waals surface area contributed by atoms with E-state index in [1.165, 1.54) is 12.1 Å². The van der Waals surface area contributed by atoms with Crippen molar-refractivity contribution < 1.29 is 23.8 Å². The summed E-state index contributed by atoms with van der Waals surface area (Å²) in [6.07, 6.45) is 4.72. The van der Waals surface area contributed by atoms with Crippen LogP contribution in [0.3, 0.4) is 0 Å². The maximum absolute atomic E-state index is 14.3. The minimum atomic E-state index is -1.15. The molecule has 1 atom stereocenters. The van der Waals surface area contributed by atoms with Crippen molar-refractivity contribution >= 4 is 35.0 Å². The highest BCUT2D eigenvalue weighted by Crippen LogP contribution is 2.29. The third-order valence-corrected chi connectivity index (χ3v) is 8.03. The number of aryl methyl sites for hydroxylation is 1. The lowest BCUT2D eigenvalue weighted by Gasteiger charge is -2.32. The Hall–Kier alpha value is -3.89. The van der Waals surface area contributed by atoms with Crippen LogP contribution in [-0.4, -0.2) is 67.9 Å². The van der Waals surface area contributed by atoms with E-state index >= 15 is 0 Å². The number of hydrogen-bond donors (Lipinski definition) is 1. The number of imidazole rings is 1. The molecule has 5 rings (SSSR count). The zero-order valence-electron chi connectivity index (χ0n) is 23.4. The van der Waals surface area contributed by atoms with Gasteiger partial charge in [0.2, 0.25) is 0 Å². The number of ether oxygens (including phenoxy) is 1. The fourth-order valence-electron chi connectivity index (χ4n) is 5.36. The molecule has 4 heterocycles. The molecule has 3 aromatic rings. The number of carbonyl (C=O) groups is 2. The molecule has 220 valence electrons. The molecule has 2 aromatic heterocycles. The Morgan fingerprint density at radius 3 is 2.62 bits per heavy atom. The van der Waals surface area contributed by atoms with Crippen LogP contribution in [0.15, 0.2) is 54.0 Å². The number of carboxylic acid groups (broad SMARTS) is 1. The SMILES string of the molecule is C=C/C(=N\c1c(C)nc(CC2CCN(C(=O)c3cccc(Cc4ccc(Cl)cc4F)n3)CC2)n1C[C@@H]1CCO1)C(=O)O. The second kappa shape index (κ2) is 13.0. The van der Waals surface area contributed by atoms with Crippen molar-refractivity contribution in [2.45, 2.75) is 51.7 Å². The summed E-state index contributed by atoms with van der Waals surface area (Å²) in [7, 11) is 0. The number of aliphatic imine (C=N–C) groups is 1. The number of carbonyl (C=O) groups excluding carboxylic acids is 1. The monoisotopic (exact) mass is 593 g/mol. The fourth-order valence-corrected chi connectivity index (χ4v) is 5.51. The lowest BCUT2D eigenvalue weighted by Crippen LogP contribution is -2.39. The molecule has 2 aliphatic rings. The van der Waals surface area contributed by atoms with Crippen LogP contribution in [-0.2, 0) is 28.9 Å². The van der Waals surface area contributed by atoms with Crippen LogP contribution in [0.25, 0.3) is 0 Å². The molecule has 9 nitrogen and oxygen atoms in total. The van der Waals surface area contributed by atoms with Crippen LogP contribution in [0, 0.1) is 18.7 Å². The van der Waals surface area contributed by atoms with Crippen molar-refractivity contribution in [3.63, 3.8) is 0 Å². The highest BCUT2D eigenvalue weighted by Gasteiger charge is 2.28. The van der Waals surface area contributed by atoms with Crippen LogP contribution >= 0.6 is 11.6 Å². The average molecular weight is 594 g/mol. The number of amides is 1. The summed E-state index contributed by atoms with van der Waals surface area (Å²) in [5.74, 6) is -0.0549. The van der Waals surface area contributed by atoms with Gasteiger partial charge in [0.25, 0.3) is 5.91 Å². The summed E-state index contributed by atoms with van der Waals surface area (Å²) in [6.45, 7) is 7.83. The van der Waals surface area contributed by atoms with Gasteiger partial charge in [-0.1, -0.05) is 30.3 Å². The first-order chi connectivity index (χ1) is 20.2. The minimum Gasteiger partial charge on any atom is -0.477 e. The summed E-state index contributed by atoms with van der Waals surface area (Å²) in [4.78, 5) is 40.3. The quantitative estimate of drug-likeness (QED) is 0.324. The van der Waals surface area contributed by atoms with Crippen molar-refractivity contribution in [3.05, 3.63) is 88.4 Å². The number of piperidine rings is 1. The van der Waals surface area contributed by atoms with E-state index < -0.39 is 11.8 Å². The first-order valence-electron chi connectivity index (χ1n) is 14.0. The number of benzene rings is 1. The molecule has 0 saturated carbocycles. The first-order valence-corrected chi connectivity index (χ1v) is 14.4. The Labute approximate surface area is 248 Å². The molecule has 42 heavy (non-hydrogen) atoms. The summed E-state index contributed by atoms with van der Waals surface area (Å²) < 4.78 is 21.9. The Bertz CT molecular complexity index is 1530. The third-order valence-electron chi connectivity index (χ3n) is 7.79. The number of nitrogens with zero attached hydrogens (tertiary/aromatic N) is 5. The largest absolute Gasteiger partial charge is 0.477 e. The topological polar surface area (TPSA) is 110 Å². The Balaban J connectivity index is 1.25. The van der Waals surface area contributed by atoms with Crippen molar-refractivity contribution in [2.24, 2.45) is 10.9 Å². The van der Waals surface area contributed by atoms with Gasteiger partial charge in [-0.3, -0.25) is 4.79 Å². The summed E-state index contributed by atoms with van der Waals surface area (Å²) >= 11 is 5.86. The summed E-state index contributed by atoms with van der Waals surface area (Å²) in [5, 5.41) is 9.80. The zero-order valence-corrected chi connectivity index (χ0v) is 24.2. The molecule has 1 N–H and O–H groups in total. The molecule has 0 unspecified atom stereocenters. The van der Waals surface area contributed by atoms with Crippen LogP contribution < -0.4 is 0 Å². The van der Waals surface area contributed by atoms with Crippen molar-refractivity contribution in [3.8, 4) is 0 Å². The lowest BCUT2D eigenvalue weighted by atomic mass is 9.93. The second-order valence-electron chi connectivity index (χ2n) is 10.7. The molecule has 1 amide bonds. The van der Waals surface area contributed by atoms with E-state index in [4.69, 9.17) is 21.3 Å². The molecule has 1 aromatic carbocycles. The van der Waals surface area contributed by atoms with Gasteiger partial charge in [0.1, 0.15) is 23.0 Å². The molecule has 0 spiro atoms. The number of rotatable bonds is 10. The molecule has 2 saturated heterocycles. The molecular formula is C31H33ClFN5O4. The van der Waals surface area contributed by atoms with Gasteiger partial charge in [-0.2, -0.15) is 0 Å². The fraction of sp³-hybridized carbons (Fsp3) is 0.387. The van der Waals surface area contributed by atoms with E-state index in [0.717, 1.165) is 25.1 Å². The number of halogens is 2. The third kappa shape index (κ3) is 6.77. The van der Waals surface area contributed by atoms with E-state index in [0.29, 0.717) is 72.1 Å². The predicted molar refractivity (Wildman–Crippen MR) is 157 cm³/mol. The maximum Gasteiger partial charge on any atom is 0.354 e. The number of carboxylic acids is 1. The van der Waals surface area contributed by atoms with Crippen LogP contribution in [0.4, 0.5) is 10.2 Å². The number of pyridine rings is 1. The van der Waals surface area contributed by atoms with E-state index in [-0.39, 0.29) is 24.1 Å². The molecule has 11 heteroatoms. The standard InChI is InChI=1S/C31H33ClFN5O4/c1-3-26(31(40)41)36-29-19(2)34-28(38(29)18-24-11-14-42-24)15-20-9-12-37(13-10-20)30(39)27-6-4-5-23(35-27)16-21-7-8-22(32)17-25(21)33/h3-8,17,20,24H,1,9-16,18H2,2H3,(H,40,41)/b36-26+/t24-/m0/s1. The molecule has 0 radical (unpaired) electrons. The number of likely N-dealkylation sites (tertiary alicyclic amines) is 1. The van der Waals surface area contributed by atoms with Crippen LogP contribution in [0.2, 0.25) is 5.02 Å². The second-order valence-corrected chi connectivity index (χ2v) is 11.1. The molecule has 0 aliphatic carbocycles. The lowest BCUT2D eigenvalue weighted by molar-refractivity contribution is -0.129. The van der Waals surface area contributed by atoms with Gasteiger partial charge in [-0.15, -0.1) is 0 Å². The van der Waals surface area contributed by atoms with E-state index in [1.54, 1.807) is 30.3 Å². The smallest absolute Gasteiger partial charge is 0.354 e.